The summed E-state index contributed by atoms with van der Waals surface area (Å²) in [6.45, 7) is 2.20. The maximum Gasteiger partial charge on any atom is 0.277 e. The molecule has 1 aliphatic heterocycles. The molecule has 2 rings (SSSR count). The van der Waals surface area contributed by atoms with E-state index in [1.807, 2.05) is 0 Å². The highest BCUT2D eigenvalue weighted by Gasteiger charge is 2.32. The fourth-order valence-electron chi connectivity index (χ4n) is 2.09. The van der Waals surface area contributed by atoms with Crippen LogP contribution in [0.25, 0.3) is 0 Å². The third-order valence-electron chi connectivity index (χ3n) is 3.16. The van der Waals surface area contributed by atoms with Crippen molar-refractivity contribution in [2.24, 2.45) is 7.05 Å². The molecule has 0 saturated carbocycles. The van der Waals surface area contributed by atoms with Crippen LogP contribution in [0.3, 0.4) is 0 Å². The summed E-state index contributed by atoms with van der Waals surface area (Å²) in [5.74, 6) is -2.15. The Morgan fingerprint density at radius 2 is 1.91 bits per heavy atom. The van der Waals surface area contributed by atoms with Gasteiger partial charge in [-0.15, -0.1) is 0 Å². The van der Waals surface area contributed by atoms with E-state index in [0.717, 1.165) is 0 Å². The summed E-state index contributed by atoms with van der Waals surface area (Å²) in [4.78, 5) is 36.9. The second-order valence-electron chi connectivity index (χ2n) is 5.06. The van der Waals surface area contributed by atoms with Crippen molar-refractivity contribution in [3.8, 4) is 5.75 Å². The van der Waals surface area contributed by atoms with Gasteiger partial charge in [-0.25, -0.2) is 0 Å². The molecule has 0 bridgehead atoms. The highest BCUT2D eigenvalue weighted by Crippen LogP contribution is 2.29. The largest absolute Gasteiger partial charge is 0.503 e. The van der Waals surface area contributed by atoms with E-state index >= 15 is 0 Å². The first-order valence-corrected chi connectivity index (χ1v) is 6.86. The number of amides is 3. The molecule has 1 aromatic heterocycles. The Kier molecular flexibility index (Phi) is 4.25. The number of rotatable bonds is 5. The van der Waals surface area contributed by atoms with Crippen LogP contribution in [0, 0.1) is 0 Å². The number of hydrogen-bond acceptors (Lipinski definition) is 7. The van der Waals surface area contributed by atoms with Gasteiger partial charge < -0.3 is 20.6 Å². The van der Waals surface area contributed by atoms with E-state index in [1.165, 1.54) is 30.7 Å². The van der Waals surface area contributed by atoms with Gasteiger partial charge in [-0.05, 0) is 6.92 Å². The molecule has 10 heteroatoms. The van der Waals surface area contributed by atoms with Gasteiger partial charge in [0.2, 0.25) is 0 Å². The number of anilines is 1. The number of imide groups is 1. The minimum atomic E-state index is -0.642. The third-order valence-corrected chi connectivity index (χ3v) is 3.16. The van der Waals surface area contributed by atoms with Gasteiger partial charge in [-0.3, -0.25) is 24.4 Å². The van der Waals surface area contributed by atoms with Gasteiger partial charge in [0, 0.05) is 27.7 Å². The molecule has 0 aromatic carbocycles. The van der Waals surface area contributed by atoms with Crippen LogP contribution in [0.4, 0.5) is 5.82 Å². The van der Waals surface area contributed by atoms with E-state index in [-0.39, 0.29) is 22.9 Å². The molecular formula is C13H18N6O4. The zero-order valence-electron chi connectivity index (χ0n) is 13.2. The van der Waals surface area contributed by atoms with Crippen LogP contribution < -0.4 is 16.0 Å². The van der Waals surface area contributed by atoms with Crippen LogP contribution in [-0.2, 0) is 16.6 Å². The van der Waals surface area contributed by atoms with Crippen LogP contribution in [0.15, 0.2) is 11.4 Å². The van der Waals surface area contributed by atoms with E-state index in [9.17, 15) is 19.5 Å². The maximum absolute atomic E-state index is 12.0. The maximum atomic E-state index is 12.0. The molecule has 0 fully saturated rings. The minimum absolute atomic E-state index is 0.0344. The molecule has 1 aliphatic rings. The zero-order valence-corrected chi connectivity index (χ0v) is 13.2. The Morgan fingerprint density at radius 3 is 2.48 bits per heavy atom. The lowest BCUT2D eigenvalue weighted by Crippen LogP contribution is -2.27. The van der Waals surface area contributed by atoms with Crippen molar-refractivity contribution in [3.05, 3.63) is 17.1 Å². The van der Waals surface area contributed by atoms with Gasteiger partial charge >= 0.3 is 0 Å². The first kappa shape index (κ1) is 16.3. The Balaban J connectivity index is 2.41. The molecule has 4 N–H and O–H groups in total. The average molecular weight is 322 g/mol. The summed E-state index contributed by atoms with van der Waals surface area (Å²) in [6, 6.07) is 0. The number of aryl methyl sites for hydroxylation is 1. The van der Waals surface area contributed by atoms with Crippen molar-refractivity contribution in [1.82, 2.24) is 25.3 Å². The molecule has 124 valence electrons. The molecule has 0 radical (unpaired) electrons. The van der Waals surface area contributed by atoms with Gasteiger partial charge in [0.15, 0.2) is 17.3 Å². The Bertz CT molecular complexity index is 718. The minimum Gasteiger partial charge on any atom is -0.503 e. The summed E-state index contributed by atoms with van der Waals surface area (Å²) < 4.78 is 1.20. The molecule has 0 spiro atoms. The van der Waals surface area contributed by atoms with Crippen LogP contribution >= 0.6 is 0 Å². The summed E-state index contributed by atoms with van der Waals surface area (Å²) in [5.41, 5.74) is -0.0371. The van der Waals surface area contributed by atoms with E-state index in [2.05, 4.69) is 21.0 Å². The molecule has 0 saturated heterocycles. The molecule has 1 aromatic rings. The number of aromatic hydroxyl groups is 1. The fourth-order valence-corrected chi connectivity index (χ4v) is 2.09. The monoisotopic (exact) mass is 322 g/mol. The van der Waals surface area contributed by atoms with E-state index < -0.39 is 23.5 Å². The second kappa shape index (κ2) is 5.99. The fraction of sp³-hybridized carbons (Fsp3) is 0.385. The van der Waals surface area contributed by atoms with Gasteiger partial charge in [-0.1, -0.05) is 0 Å². The van der Waals surface area contributed by atoms with Crippen molar-refractivity contribution in [2.75, 3.05) is 26.0 Å². The number of aromatic nitrogens is 2. The predicted octanol–water partition coefficient (Wildman–Crippen LogP) is -1.28. The SMILES string of the molecule is CCNC1=C(Nc2nn(C)c(C(=O)N(C)C)c2O)C(=O)NC1=O. The standard InChI is InChI=1S/C13H18N6O4/c1-5-14-6-7(12(22)16-11(6)21)15-10-9(20)8(19(4)17-10)13(23)18(2)3/h20H,5H2,1-4H3,(H3,14,15,16,17,21,22). The highest BCUT2D eigenvalue weighted by atomic mass is 16.3. The molecule has 0 atom stereocenters. The first-order valence-electron chi connectivity index (χ1n) is 6.86. The number of likely N-dealkylation sites (N-methyl/N-ethyl adjacent to an activating group) is 1. The van der Waals surface area contributed by atoms with Gasteiger partial charge in [-0.2, -0.15) is 5.10 Å². The predicted molar refractivity (Wildman–Crippen MR) is 80.4 cm³/mol. The van der Waals surface area contributed by atoms with Crippen molar-refractivity contribution >= 4 is 23.5 Å². The van der Waals surface area contributed by atoms with Crippen molar-refractivity contribution in [1.29, 1.82) is 0 Å². The van der Waals surface area contributed by atoms with Crippen molar-refractivity contribution in [3.63, 3.8) is 0 Å². The average Bonchev–Trinajstić information content (AvgIpc) is 2.89. The van der Waals surface area contributed by atoms with Crippen molar-refractivity contribution < 1.29 is 19.5 Å². The van der Waals surface area contributed by atoms with Crippen LogP contribution in [0.1, 0.15) is 17.4 Å². The molecule has 0 unspecified atom stereocenters. The third kappa shape index (κ3) is 2.82. The molecule has 2 heterocycles. The first-order chi connectivity index (χ1) is 10.8. The lowest BCUT2D eigenvalue weighted by Gasteiger charge is -2.10. The topological polar surface area (TPSA) is 129 Å². The normalized spacial score (nSPS) is 14.1. The number of carbonyl (C=O) groups is 3. The van der Waals surface area contributed by atoms with E-state index in [1.54, 1.807) is 6.92 Å². The van der Waals surface area contributed by atoms with Crippen LogP contribution in [-0.4, -0.2) is 58.1 Å². The molecule has 10 nitrogen and oxygen atoms in total. The quantitative estimate of drug-likeness (QED) is 0.497. The highest BCUT2D eigenvalue weighted by molar-refractivity contribution is 6.20. The number of nitrogens with one attached hydrogen (secondary N) is 3. The number of carbonyl (C=O) groups excluding carboxylic acids is 3. The molecule has 3 amide bonds. The summed E-state index contributed by atoms with van der Waals surface area (Å²) in [7, 11) is 4.56. The summed E-state index contributed by atoms with van der Waals surface area (Å²) in [6.07, 6.45) is 0. The Labute approximate surface area is 132 Å². The summed E-state index contributed by atoms with van der Waals surface area (Å²) in [5, 5.41) is 21.7. The zero-order chi connectivity index (χ0) is 17.3. The van der Waals surface area contributed by atoms with E-state index in [0.29, 0.717) is 6.54 Å². The number of hydrogen-bond donors (Lipinski definition) is 4. The van der Waals surface area contributed by atoms with Gasteiger partial charge in [0.25, 0.3) is 17.7 Å². The van der Waals surface area contributed by atoms with Crippen LogP contribution in [0.5, 0.6) is 5.75 Å². The van der Waals surface area contributed by atoms with Crippen molar-refractivity contribution in [2.45, 2.75) is 6.92 Å². The van der Waals surface area contributed by atoms with E-state index in [4.69, 9.17) is 0 Å². The second-order valence-corrected chi connectivity index (χ2v) is 5.06. The molecular weight excluding hydrogens is 304 g/mol. The lowest BCUT2D eigenvalue weighted by atomic mass is 10.3. The Morgan fingerprint density at radius 1 is 1.30 bits per heavy atom. The molecule has 0 aliphatic carbocycles. The number of nitrogens with zero attached hydrogens (tertiary/aromatic N) is 3. The van der Waals surface area contributed by atoms with Crippen LogP contribution in [0.2, 0.25) is 0 Å². The lowest BCUT2D eigenvalue weighted by molar-refractivity contribution is -0.124. The Hall–Kier alpha value is -3.04. The summed E-state index contributed by atoms with van der Waals surface area (Å²) >= 11 is 0. The van der Waals surface area contributed by atoms with Gasteiger partial charge in [0.1, 0.15) is 11.4 Å². The smallest absolute Gasteiger partial charge is 0.277 e. The molecule has 23 heavy (non-hydrogen) atoms. The van der Waals surface area contributed by atoms with Gasteiger partial charge in [0.05, 0.1) is 0 Å².